The first kappa shape index (κ1) is 13.4. The Morgan fingerprint density at radius 2 is 1.81 bits per heavy atom. The molecule has 0 aromatic heterocycles. The quantitative estimate of drug-likeness (QED) is 0.656. The van der Waals surface area contributed by atoms with Crippen LogP contribution in [0.5, 0.6) is 0 Å². The maximum absolute atomic E-state index is 6.30. The van der Waals surface area contributed by atoms with Crippen LogP contribution >= 0.6 is 35.0 Å². The Kier molecular flexibility index (Phi) is 4.77. The lowest BCUT2D eigenvalue weighted by Crippen LogP contribution is -2.30. The molecule has 0 aromatic rings. The number of thioether (sulfide) groups is 1. The van der Waals surface area contributed by atoms with Crippen molar-refractivity contribution in [1.29, 1.82) is 0 Å². The first-order chi connectivity index (χ1) is 7.58. The van der Waals surface area contributed by atoms with Crippen molar-refractivity contribution < 1.29 is 0 Å². The molecule has 2 rings (SSSR count). The van der Waals surface area contributed by atoms with Crippen molar-refractivity contribution in [3.63, 3.8) is 0 Å². The SMILES string of the molecule is CC(C)C1CSC(C2CCC(Cl)C(Cl)C2)C1. The van der Waals surface area contributed by atoms with Gasteiger partial charge in [0.2, 0.25) is 0 Å². The molecule has 2 aliphatic rings. The summed E-state index contributed by atoms with van der Waals surface area (Å²) in [5.41, 5.74) is 0. The summed E-state index contributed by atoms with van der Waals surface area (Å²) in [5, 5.41) is 1.28. The largest absolute Gasteiger partial charge is 0.158 e. The highest BCUT2D eigenvalue weighted by atomic mass is 35.5. The van der Waals surface area contributed by atoms with E-state index in [9.17, 15) is 0 Å². The van der Waals surface area contributed by atoms with Crippen molar-refractivity contribution in [2.24, 2.45) is 17.8 Å². The molecule has 0 radical (unpaired) electrons. The van der Waals surface area contributed by atoms with Crippen LogP contribution in [0.15, 0.2) is 0 Å². The fourth-order valence-corrected chi connectivity index (χ4v) is 5.42. The van der Waals surface area contributed by atoms with Gasteiger partial charge < -0.3 is 0 Å². The van der Waals surface area contributed by atoms with Crippen LogP contribution in [0.25, 0.3) is 0 Å². The van der Waals surface area contributed by atoms with Crippen LogP contribution < -0.4 is 0 Å². The zero-order valence-electron chi connectivity index (χ0n) is 10.2. The molecule has 5 atom stereocenters. The highest BCUT2D eigenvalue weighted by Gasteiger charge is 2.37. The molecular formula is C13H22Cl2S. The van der Waals surface area contributed by atoms with Crippen molar-refractivity contribution in [2.45, 2.75) is 55.5 Å². The molecule has 1 saturated carbocycles. The van der Waals surface area contributed by atoms with E-state index in [0.717, 1.165) is 35.8 Å². The third kappa shape index (κ3) is 3.03. The number of hydrogen-bond donors (Lipinski definition) is 0. The van der Waals surface area contributed by atoms with Crippen molar-refractivity contribution in [2.75, 3.05) is 5.75 Å². The second kappa shape index (κ2) is 5.71. The summed E-state index contributed by atoms with van der Waals surface area (Å²) in [7, 11) is 0. The third-order valence-corrected chi connectivity index (χ3v) is 7.02. The zero-order valence-corrected chi connectivity index (χ0v) is 12.5. The molecule has 1 heterocycles. The third-order valence-electron chi connectivity index (χ3n) is 4.26. The number of halogens is 2. The van der Waals surface area contributed by atoms with Crippen LogP contribution in [0.1, 0.15) is 39.5 Å². The van der Waals surface area contributed by atoms with Gasteiger partial charge in [-0.3, -0.25) is 0 Å². The van der Waals surface area contributed by atoms with E-state index in [1.165, 1.54) is 18.6 Å². The van der Waals surface area contributed by atoms with E-state index in [-0.39, 0.29) is 10.8 Å². The Morgan fingerprint density at radius 3 is 2.38 bits per heavy atom. The Morgan fingerprint density at radius 1 is 1.06 bits per heavy atom. The van der Waals surface area contributed by atoms with Gasteiger partial charge >= 0.3 is 0 Å². The van der Waals surface area contributed by atoms with Gasteiger partial charge in [0.05, 0.1) is 5.38 Å². The van der Waals surface area contributed by atoms with Crippen LogP contribution in [0, 0.1) is 17.8 Å². The molecule has 0 aromatic carbocycles. The first-order valence-electron chi connectivity index (χ1n) is 6.47. The predicted octanol–water partition coefficient (Wildman–Crippen LogP) is 4.78. The van der Waals surface area contributed by atoms with E-state index < -0.39 is 0 Å². The highest BCUT2D eigenvalue weighted by molar-refractivity contribution is 8.00. The minimum absolute atomic E-state index is 0.208. The summed E-state index contributed by atoms with van der Waals surface area (Å²) in [6, 6.07) is 0. The van der Waals surface area contributed by atoms with E-state index in [4.69, 9.17) is 23.2 Å². The van der Waals surface area contributed by atoms with Gasteiger partial charge in [0.15, 0.2) is 0 Å². The summed E-state index contributed by atoms with van der Waals surface area (Å²) >= 11 is 14.7. The van der Waals surface area contributed by atoms with Crippen LogP contribution in [0.3, 0.4) is 0 Å². The van der Waals surface area contributed by atoms with E-state index in [2.05, 4.69) is 25.6 Å². The van der Waals surface area contributed by atoms with Gasteiger partial charge in [-0.05, 0) is 49.2 Å². The van der Waals surface area contributed by atoms with Crippen molar-refractivity contribution >= 4 is 35.0 Å². The lowest BCUT2D eigenvalue weighted by atomic mass is 9.82. The summed E-state index contributed by atoms with van der Waals surface area (Å²) < 4.78 is 0. The molecule has 0 amide bonds. The highest BCUT2D eigenvalue weighted by Crippen LogP contribution is 2.45. The number of hydrogen-bond acceptors (Lipinski definition) is 1. The smallest absolute Gasteiger partial charge is 0.0502 e. The lowest BCUT2D eigenvalue weighted by Gasteiger charge is -2.32. The fraction of sp³-hybridized carbons (Fsp3) is 1.00. The van der Waals surface area contributed by atoms with Crippen LogP contribution in [0.2, 0.25) is 0 Å². The molecule has 1 saturated heterocycles. The van der Waals surface area contributed by atoms with Crippen molar-refractivity contribution in [3.05, 3.63) is 0 Å². The molecule has 2 fully saturated rings. The van der Waals surface area contributed by atoms with Crippen LogP contribution in [0.4, 0.5) is 0 Å². The van der Waals surface area contributed by atoms with Gasteiger partial charge in [-0.1, -0.05) is 13.8 Å². The Labute approximate surface area is 114 Å². The van der Waals surface area contributed by atoms with Gasteiger partial charge in [-0.2, -0.15) is 11.8 Å². The molecule has 94 valence electrons. The maximum atomic E-state index is 6.30. The van der Waals surface area contributed by atoms with E-state index in [1.54, 1.807) is 0 Å². The fourth-order valence-electron chi connectivity index (χ4n) is 2.92. The molecule has 5 unspecified atom stereocenters. The van der Waals surface area contributed by atoms with E-state index in [0.29, 0.717) is 0 Å². The van der Waals surface area contributed by atoms with Gasteiger partial charge in [0.1, 0.15) is 0 Å². The molecule has 1 aliphatic carbocycles. The first-order valence-corrected chi connectivity index (χ1v) is 8.39. The molecule has 16 heavy (non-hydrogen) atoms. The molecule has 0 spiro atoms. The predicted molar refractivity (Wildman–Crippen MR) is 75.8 cm³/mol. The topological polar surface area (TPSA) is 0 Å². The second-order valence-electron chi connectivity index (χ2n) is 5.72. The Bertz CT molecular complexity index is 232. The van der Waals surface area contributed by atoms with Crippen LogP contribution in [-0.4, -0.2) is 21.8 Å². The average molecular weight is 281 g/mol. The summed E-state index contributed by atoms with van der Waals surface area (Å²) in [5.74, 6) is 3.95. The van der Waals surface area contributed by atoms with E-state index in [1.807, 2.05) is 0 Å². The van der Waals surface area contributed by atoms with E-state index >= 15 is 0 Å². The lowest BCUT2D eigenvalue weighted by molar-refractivity contribution is 0.319. The Balaban J connectivity index is 1.85. The van der Waals surface area contributed by atoms with Gasteiger partial charge in [0, 0.05) is 10.6 Å². The monoisotopic (exact) mass is 280 g/mol. The Hall–Kier alpha value is 0.930. The second-order valence-corrected chi connectivity index (χ2v) is 8.11. The van der Waals surface area contributed by atoms with Gasteiger partial charge in [-0.25, -0.2) is 0 Å². The minimum atomic E-state index is 0.208. The summed E-state index contributed by atoms with van der Waals surface area (Å²) in [6.07, 6.45) is 4.95. The molecular weight excluding hydrogens is 259 g/mol. The van der Waals surface area contributed by atoms with Gasteiger partial charge in [-0.15, -0.1) is 23.2 Å². The summed E-state index contributed by atoms with van der Waals surface area (Å²) in [6.45, 7) is 4.71. The summed E-state index contributed by atoms with van der Waals surface area (Å²) in [4.78, 5) is 0. The zero-order chi connectivity index (χ0) is 11.7. The van der Waals surface area contributed by atoms with Gasteiger partial charge in [0.25, 0.3) is 0 Å². The molecule has 0 bridgehead atoms. The van der Waals surface area contributed by atoms with Crippen LogP contribution in [-0.2, 0) is 0 Å². The van der Waals surface area contributed by atoms with Crippen molar-refractivity contribution in [1.82, 2.24) is 0 Å². The molecule has 0 nitrogen and oxygen atoms in total. The number of alkyl halides is 2. The normalized spacial score (nSPS) is 45.2. The molecule has 3 heteroatoms. The molecule has 0 N–H and O–H groups in total. The average Bonchev–Trinajstić information content (AvgIpc) is 2.71. The number of rotatable bonds is 2. The molecule has 1 aliphatic heterocycles. The maximum Gasteiger partial charge on any atom is 0.0502 e. The minimum Gasteiger partial charge on any atom is -0.158 e. The van der Waals surface area contributed by atoms with Crippen molar-refractivity contribution in [3.8, 4) is 0 Å². The standard InChI is InChI=1S/C13H22Cl2S/c1-8(2)10-6-13(16-7-10)9-3-4-11(14)12(15)5-9/h8-13H,3-7H2,1-2H3.